The maximum absolute atomic E-state index is 9.21. The van der Waals surface area contributed by atoms with Gasteiger partial charge in [0.25, 0.3) is 0 Å². The third-order valence-corrected chi connectivity index (χ3v) is 3.44. The molecule has 1 atom stereocenters. The summed E-state index contributed by atoms with van der Waals surface area (Å²) in [6.07, 6.45) is 10.3. The standard InChI is InChI=1S/C16H27NO/c1-2-3-4-5-6-7-8-9-16(17)14-10-12-15(18)13-11-14/h10-13,16,18H,2-9,17H2,1H3. The fraction of sp³-hybridized carbons (Fsp3) is 0.625. The highest BCUT2D eigenvalue weighted by Crippen LogP contribution is 2.20. The smallest absolute Gasteiger partial charge is 0.115 e. The molecular formula is C16H27NO. The van der Waals surface area contributed by atoms with Gasteiger partial charge in [0.05, 0.1) is 0 Å². The van der Waals surface area contributed by atoms with Gasteiger partial charge >= 0.3 is 0 Å². The van der Waals surface area contributed by atoms with Gasteiger partial charge in [-0.05, 0) is 24.1 Å². The second-order valence-electron chi connectivity index (χ2n) is 5.11. The van der Waals surface area contributed by atoms with Crippen LogP contribution >= 0.6 is 0 Å². The first kappa shape index (κ1) is 15.0. The number of phenols is 1. The van der Waals surface area contributed by atoms with Crippen molar-refractivity contribution >= 4 is 0 Å². The van der Waals surface area contributed by atoms with Crippen LogP contribution in [0, 0.1) is 0 Å². The van der Waals surface area contributed by atoms with Gasteiger partial charge in [-0.3, -0.25) is 0 Å². The van der Waals surface area contributed by atoms with E-state index in [0.29, 0.717) is 5.75 Å². The van der Waals surface area contributed by atoms with Crippen LogP contribution in [0.1, 0.15) is 69.9 Å². The third-order valence-electron chi connectivity index (χ3n) is 3.44. The lowest BCUT2D eigenvalue weighted by Gasteiger charge is -2.11. The molecule has 0 saturated carbocycles. The van der Waals surface area contributed by atoms with Crippen LogP contribution in [0.3, 0.4) is 0 Å². The number of rotatable bonds is 9. The Labute approximate surface area is 111 Å². The maximum atomic E-state index is 9.21. The molecule has 0 aliphatic carbocycles. The minimum Gasteiger partial charge on any atom is -0.508 e. The number of hydrogen-bond donors (Lipinski definition) is 2. The van der Waals surface area contributed by atoms with E-state index < -0.39 is 0 Å². The van der Waals surface area contributed by atoms with Crippen molar-refractivity contribution in [3.05, 3.63) is 29.8 Å². The molecule has 0 aromatic heterocycles. The van der Waals surface area contributed by atoms with Crippen LogP contribution in [0.4, 0.5) is 0 Å². The van der Waals surface area contributed by atoms with Crippen molar-refractivity contribution < 1.29 is 5.11 Å². The fourth-order valence-corrected chi connectivity index (χ4v) is 2.21. The topological polar surface area (TPSA) is 46.2 Å². The maximum Gasteiger partial charge on any atom is 0.115 e. The molecule has 18 heavy (non-hydrogen) atoms. The van der Waals surface area contributed by atoms with Gasteiger partial charge in [0, 0.05) is 6.04 Å². The summed E-state index contributed by atoms with van der Waals surface area (Å²) in [6.45, 7) is 2.25. The Morgan fingerprint density at radius 2 is 1.50 bits per heavy atom. The van der Waals surface area contributed by atoms with E-state index in [1.165, 1.54) is 44.9 Å². The molecule has 2 nitrogen and oxygen atoms in total. The van der Waals surface area contributed by atoms with E-state index in [-0.39, 0.29) is 6.04 Å². The molecule has 0 saturated heterocycles. The molecule has 0 amide bonds. The quantitative estimate of drug-likeness (QED) is 0.631. The average molecular weight is 249 g/mol. The van der Waals surface area contributed by atoms with Crippen molar-refractivity contribution in [2.75, 3.05) is 0 Å². The van der Waals surface area contributed by atoms with E-state index in [4.69, 9.17) is 5.73 Å². The number of nitrogens with two attached hydrogens (primary N) is 1. The van der Waals surface area contributed by atoms with E-state index in [1.54, 1.807) is 12.1 Å². The average Bonchev–Trinajstić information content (AvgIpc) is 2.38. The van der Waals surface area contributed by atoms with Crippen molar-refractivity contribution in [3.8, 4) is 5.75 Å². The highest BCUT2D eigenvalue weighted by atomic mass is 16.3. The lowest BCUT2D eigenvalue weighted by atomic mass is 10.0. The summed E-state index contributed by atoms with van der Waals surface area (Å²) in [6, 6.07) is 7.36. The van der Waals surface area contributed by atoms with Gasteiger partial charge in [0.15, 0.2) is 0 Å². The summed E-state index contributed by atoms with van der Waals surface area (Å²) >= 11 is 0. The summed E-state index contributed by atoms with van der Waals surface area (Å²) in [5.74, 6) is 0.307. The zero-order chi connectivity index (χ0) is 13.2. The zero-order valence-corrected chi connectivity index (χ0v) is 11.6. The van der Waals surface area contributed by atoms with Crippen LogP contribution in [-0.4, -0.2) is 5.11 Å². The summed E-state index contributed by atoms with van der Waals surface area (Å²) in [4.78, 5) is 0. The number of aromatic hydroxyl groups is 1. The molecule has 0 heterocycles. The second kappa shape index (κ2) is 8.98. The van der Waals surface area contributed by atoms with Crippen molar-refractivity contribution in [1.29, 1.82) is 0 Å². The largest absolute Gasteiger partial charge is 0.508 e. The second-order valence-corrected chi connectivity index (χ2v) is 5.11. The molecular weight excluding hydrogens is 222 g/mol. The lowest BCUT2D eigenvalue weighted by Crippen LogP contribution is -2.09. The Morgan fingerprint density at radius 3 is 2.11 bits per heavy atom. The number of phenolic OH excluding ortho intramolecular Hbond substituents is 1. The van der Waals surface area contributed by atoms with Gasteiger partial charge in [0.2, 0.25) is 0 Å². The van der Waals surface area contributed by atoms with Crippen molar-refractivity contribution in [1.82, 2.24) is 0 Å². The minimum absolute atomic E-state index is 0.112. The van der Waals surface area contributed by atoms with Crippen LogP contribution in [0.25, 0.3) is 0 Å². The molecule has 0 aliphatic rings. The Balaban J connectivity index is 2.10. The molecule has 1 aromatic carbocycles. The van der Waals surface area contributed by atoms with Gasteiger partial charge in [-0.1, -0.05) is 64.0 Å². The minimum atomic E-state index is 0.112. The number of unbranched alkanes of at least 4 members (excludes halogenated alkanes) is 6. The van der Waals surface area contributed by atoms with Crippen LogP contribution in [-0.2, 0) is 0 Å². The summed E-state index contributed by atoms with van der Waals surface area (Å²) in [5.41, 5.74) is 7.25. The van der Waals surface area contributed by atoms with Crippen molar-refractivity contribution in [2.45, 2.75) is 64.3 Å². The van der Waals surface area contributed by atoms with Gasteiger partial charge in [-0.2, -0.15) is 0 Å². The van der Waals surface area contributed by atoms with E-state index in [2.05, 4.69) is 6.92 Å². The van der Waals surface area contributed by atoms with Crippen LogP contribution < -0.4 is 5.73 Å². The molecule has 0 spiro atoms. The van der Waals surface area contributed by atoms with Gasteiger partial charge in [0.1, 0.15) is 5.75 Å². The molecule has 1 rings (SSSR count). The highest BCUT2D eigenvalue weighted by Gasteiger charge is 2.05. The van der Waals surface area contributed by atoms with Gasteiger partial charge < -0.3 is 10.8 Å². The highest BCUT2D eigenvalue weighted by molar-refractivity contribution is 5.27. The molecule has 2 heteroatoms. The third kappa shape index (κ3) is 6.06. The molecule has 0 radical (unpaired) electrons. The molecule has 1 aromatic rings. The van der Waals surface area contributed by atoms with E-state index in [0.717, 1.165) is 12.0 Å². The van der Waals surface area contributed by atoms with Crippen molar-refractivity contribution in [3.63, 3.8) is 0 Å². The first-order chi connectivity index (χ1) is 8.74. The van der Waals surface area contributed by atoms with Gasteiger partial charge in [-0.15, -0.1) is 0 Å². The van der Waals surface area contributed by atoms with Crippen molar-refractivity contribution in [2.24, 2.45) is 5.73 Å². The Bertz CT molecular complexity index is 307. The number of hydrogen-bond acceptors (Lipinski definition) is 2. The summed E-state index contributed by atoms with van der Waals surface area (Å²) in [5, 5.41) is 9.21. The first-order valence-electron chi connectivity index (χ1n) is 7.28. The normalized spacial score (nSPS) is 12.6. The van der Waals surface area contributed by atoms with Crippen LogP contribution in [0.5, 0.6) is 5.75 Å². The number of benzene rings is 1. The molecule has 1 unspecified atom stereocenters. The first-order valence-corrected chi connectivity index (χ1v) is 7.28. The molecule has 0 bridgehead atoms. The molecule has 102 valence electrons. The Hall–Kier alpha value is -1.02. The van der Waals surface area contributed by atoms with E-state index >= 15 is 0 Å². The summed E-state index contributed by atoms with van der Waals surface area (Å²) in [7, 11) is 0. The fourth-order valence-electron chi connectivity index (χ4n) is 2.21. The lowest BCUT2D eigenvalue weighted by molar-refractivity contribution is 0.474. The van der Waals surface area contributed by atoms with E-state index in [9.17, 15) is 5.11 Å². The van der Waals surface area contributed by atoms with E-state index in [1.807, 2.05) is 12.1 Å². The monoisotopic (exact) mass is 249 g/mol. The van der Waals surface area contributed by atoms with Gasteiger partial charge in [-0.25, -0.2) is 0 Å². The molecule has 0 aliphatic heterocycles. The summed E-state index contributed by atoms with van der Waals surface area (Å²) < 4.78 is 0. The zero-order valence-electron chi connectivity index (χ0n) is 11.6. The predicted octanol–water partition coefficient (Wildman–Crippen LogP) is 4.53. The van der Waals surface area contributed by atoms with Crippen LogP contribution in [0.2, 0.25) is 0 Å². The molecule has 3 N–H and O–H groups in total. The Kier molecular flexibility index (Phi) is 7.51. The SMILES string of the molecule is CCCCCCCCCC(N)c1ccc(O)cc1. The predicted molar refractivity (Wildman–Crippen MR) is 77.6 cm³/mol. The molecule has 0 fully saturated rings. The Morgan fingerprint density at radius 1 is 0.944 bits per heavy atom. The van der Waals surface area contributed by atoms with Crippen LogP contribution in [0.15, 0.2) is 24.3 Å².